The second-order valence-corrected chi connectivity index (χ2v) is 1.19. The third kappa shape index (κ3) is 2.13. The minimum atomic E-state index is -1.07. The molecule has 0 aromatic rings. The highest BCUT2D eigenvalue weighted by atomic mass is 16.5. The highest BCUT2D eigenvalue weighted by Gasteiger charge is 2.05. The van der Waals surface area contributed by atoms with Gasteiger partial charge in [-0.05, 0) is 6.92 Å². The van der Waals surface area contributed by atoms with Crippen molar-refractivity contribution >= 4 is 5.97 Å². The number of hydrogen-bond donors (Lipinski definition) is 3. The minimum absolute atomic E-state index is 0.875. The van der Waals surface area contributed by atoms with Crippen LogP contribution in [-0.2, 0) is 4.79 Å². The van der Waals surface area contributed by atoms with Crippen LogP contribution in [0, 0.1) is 0 Å². The molecule has 0 heterocycles. The second kappa shape index (κ2) is 2.54. The van der Waals surface area contributed by atoms with Gasteiger partial charge in [-0.15, -0.1) is 0 Å². The summed E-state index contributed by atoms with van der Waals surface area (Å²) in [6.45, 7) is 1.34. The average Bonchev–Trinajstić information content (AvgIpc) is 1.65. The number of carbonyl (C=O) groups is 1. The Morgan fingerprint density at radius 3 is 2.29 bits per heavy atom. The summed E-state index contributed by atoms with van der Waals surface area (Å²) in [4.78, 5) is 9.71. The number of nitrogens with one attached hydrogen (secondary N) is 1. The molecule has 0 spiro atoms. The monoisotopic (exact) mass is 105 g/mol. The summed E-state index contributed by atoms with van der Waals surface area (Å²) in [6.07, 6.45) is 0. The van der Waals surface area contributed by atoms with E-state index in [0.29, 0.717) is 0 Å². The van der Waals surface area contributed by atoms with E-state index in [1.807, 2.05) is 0 Å². The van der Waals surface area contributed by atoms with Gasteiger partial charge in [-0.25, -0.2) is 0 Å². The van der Waals surface area contributed by atoms with Gasteiger partial charge in [0.1, 0.15) is 6.04 Å². The van der Waals surface area contributed by atoms with Gasteiger partial charge in [-0.1, -0.05) is 0 Å². The minimum Gasteiger partial charge on any atom is -0.480 e. The normalized spacial score (nSPS) is 13.4. The van der Waals surface area contributed by atoms with Crippen LogP contribution < -0.4 is 5.48 Å². The van der Waals surface area contributed by atoms with Crippen LogP contribution in [-0.4, -0.2) is 22.3 Å². The van der Waals surface area contributed by atoms with Crippen molar-refractivity contribution in [3.63, 3.8) is 0 Å². The molecule has 0 fully saturated rings. The maximum absolute atomic E-state index is 9.71. The maximum Gasteiger partial charge on any atom is 0.322 e. The van der Waals surface area contributed by atoms with E-state index in [1.54, 1.807) is 5.48 Å². The number of rotatable bonds is 2. The molecular formula is C3H7NO3. The first-order chi connectivity index (χ1) is 3.18. The fraction of sp³-hybridized carbons (Fsp3) is 0.667. The van der Waals surface area contributed by atoms with E-state index in [0.717, 1.165) is 0 Å². The number of hydrogen-bond acceptors (Lipinski definition) is 3. The van der Waals surface area contributed by atoms with Gasteiger partial charge in [-0.3, -0.25) is 4.79 Å². The number of carboxylic acid groups (broad SMARTS) is 1. The Balaban J connectivity index is 3.34. The lowest BCUT2D eigenvalue weighted by atomic mass is 10.4. The Bertz CT molecular complexity index is 72.6. The molecule has 0 saturated heterocycles. The summed E-state index contributed by atoms with van der Waals surface area (Å²) in [5.41, 5.74) is 1.56. The van der Waals surface area contributed by atoms with Crippen LogP contribution in [0.15, 0.2) is 0 Å². The number of carboxylic acids is 1. The van der Waals surface area contributed by atoms with Crippen LogP contribution in [0.5, 0.6) is 0 Å². The number of aliphatic carboxylic acids is 1. The Hall–Kier alpha value is -0.610. The summed E-state index contributed by atoms with van der Waals surface area (Å²) >= 11 is 0. The molecule has 42 valence electrons. The SMILES string of the molecule is C[C@@H](NO)C(=O)O. The third-order valence-corrected chi connectivity index (χ3v) is 0.564. The molecule has 1 atom stereocenters. The molecular weight excluding hydrogens is 98.0 g/mol. The molecule has 7 heavy (non-hydrogen) atoms. The van der Waals surface area contributed by atoms with Gasteiger partial charge in [0, 0.05) is 0 Å². The van der Waals surface area contributed by atoms with Crippen molar-refractivity contribution < 1.29 is 15.1 Å². The van der Waals surface area contributed by atoms with Gasteiger partial charge in [-0.2, -0.15) is 5.48 Å². The second-order valence-electron chi connectivity index (χ2n) is 1.19. The van der Waals surface area contributed by atoms with E-state index in [-0.39, 0.29) is 0 Å². The third-order valence-electron chi connectivity index (χ3n) is 0.564. The molecule has 0 aromatic carbocycles. The standard InChI is InChI=1S/C3H7NO3/c1-2(4-7)3(5)6/h2,4,7H,1H3,(H,5,6)/t2-/m1/s1. The van der Waals surface area contributed by atoms with Crippen molar-refractivity contribution in [2.75, 3.05) is 0 Å². The van der Waals surface area contributed by atoms with Gasteiger partial charge in [0.15, 0.2) is 0 Å². The molecule has 0 unspecified atom stereocenters. The van der Waals surface area contributed by atoms with Crippen molar-refractivity contribution in [2.45, 2.75) is 13.0 Å². The molecule has 4 nitrogen and oxygen atoms in total. The van der Waals surface area contributed by atoms with E-state index in [1.165, 1.54) is 6.92 Å². The largest absolute Gasteiger partial charge is 0.480 e. The lowest BCUT2D eigenvalue weighted by Crippen LogP contribution is -2.30. The van der Waals surface area contributed by atoms with Crippen LogP contribution in [0.3, 0.4) is 0 Å². The molecule has 0 radical (unpaired) electrons. The average molecular weight is 105 g/mol. The molecule has 0 bridgehead atoms. The van der Waals surface area contributed by atoms with Crippen molar-refractivity contribution in [1.29, 1.82) is 0 Å². The fourth-order valence-electron chi connectivity index (χ4n) is 0.0552. The van der Waals surface area contributed by atoms with Crippen LogP contribution in [0.25, 0.3) is 0 Å². The summed E-state index contributed by atoms with van der Waals surface area (Å²) in [6, 6.07) is -0.875. The Labute approximate surface area is 40.7 Å². The predicted molar refractivity (Wildman–Crippen MR) is 22.0 cm³/mol. The zero-order valence-corrected chi connectivity index (χ0v) is 3.88. The maximum atomic E-state index is 9.71. The molecule has 0 aromatic heterocycles. The number of hydroxylamine groups is 1. The van der Waals surface area contributed by atoms with Crippen LogP contribution >= 0.6 is 0 Å². The van der Waals surface area contributed by atoms with Gasteiger partial charge >= 0.3 is 5.97 Å². The van der Waals surface area contributed by atoms with E-state index in [4.69, 9.17) is 10.3 Å². The molecule has 0 aliphatic carbocycles. The molecule has 0 aliphatic heterocycles. The highest BCUT2D eigenvalue weighted by molar-refractivity contribution is 5.72. The molecule has 3 N–H and O–H groups in total. The van der Waals surface area contributed by atoms with E-state index >= 15 is 0 Å². The van der Waals surface area contributed by atoms with E-state index < -0.39 is 12.0 Å². The smallest absolute Gasteiger partial charge is 0.322 e. The summed E-state index contributed by atoms with van der Waals surface area (Å²) in [5, 5.41) is 15.8. The molecule has 0 saturated carbocycles. The molecule has 4 heteroatoms. The van der Waals surface area contributed by atoms with Crippen molar-refractivity contribution in [3.8, 4) is 0 Å². The van der Waals surface area contributed by atoms with Crippen LogP contribution in [0.4, 0.5) is 0 Å². The highest BCUT2D eigenvalue weighted by Crippen LogP contribution is 1.74. The first kappa shape index (κ1) is 6.39. The molecule has 0 amide bonds. The topological polar surface area (TPSA) is 69.6 Å². The van der Waals surface area contributed by atoms with Crippen molar-refractivity contribution in [1.82, 2.24) is 5.48 Å². The quantitative estimate of drug-likeness (QED) is 0.411. The van der Waals surface area contributed by atoms with Gasteiger partial charge in [0.25, 0.3) is 0 Å². The summed E-state index contributed by atoms with van der Waals surface area (Å²) in [7, 11) is 0. The zero-order chi connectivity index (χ0) is 5.86. The Morgan fingerprint density at radius 2 is 2.29 bits per heavy atom. The van der Waals surface area contributed by atoms with Crippen molar-refractivity contribution in [3.05, 3.63) is 0 Å². The first-order valence-corrected chi connectivity index (χ1v) is 1.81. The zero-order valence-electron chi connectivity index (χ0n) is 3.88. The van der Waals surface area contributed by atoms with Gasteiger partial charge in [0.2, 0.25) is 0 Å². The molecule has 0 rings (SSSR count). The summed E-state index contributed by atoms with van der Waals surface area (Å²) < 4.78 is 0. The lowest BCUT2D eigenvalue weighted by Gasteiger charge is -1.98. The lowest BCUT2D eigenvalue weighted by molar-refractivity contribution is -0.141. The van der Waals surface area contributed by atoms with Crippen LogP contribution in [0.2, 0.25) is 0 Å². The van der Waals surface area contributed by atoms with E-state index in [9.17, 15) is 4.79 Å². The molecule has 0 aliphatic rings. The summed E-state index contributed by atoms with van der Waals surface area (Å²) in [5.74, 6) is -1.07. The van der Waals surface area contributed by atoms with Crippen LogP contribution in [0.1, 0.15) is 6.92 Å². The van der Waals surface area contributed by atoms with E-state index in [2.05, 4.69) is 0 Å². The van der Waals surface area contributed by atoms with Gasteiger partial charge in [0.05, 0.1) is 0 Å². The Morgan fingerprint density at radius 1 is 1.86 bits per heavy atom. The van der Waals surface area contributed by atoms with Gasteiger partial charge < -0.3 is 10.3 Å². The fourth-order valence-corrected chi connectivity index (χ4v) is 0.0552. The first-order valence-electron chi connectivity index (χ1n) is 1.81. The predicted octanol–water partition coefficient (Wildman–Crippen LogP) is -0.562. The van der Waals surface area contributed by atoms with Crippen molar-refractivity contribution in [2.24, 2.45) is 0 Å². The Kier molecular flexibility index (Phi) is 2.32.